The van der Waals surface area contributed by atoms with Crippen LogP contribution in [-0.2, 0) is 7.05 Å². The lowest BCUT2D eigenvalue weighted by Gasteiger charge is -2.22. The number of carbonyl (C=O) groups is 1. The van der Waals surface area contributed by atoms with Crippen molar-refractivity contribution in [2.75, 3.05) is 44.6 Å². The monoisotopic (exact) mass is 400 g/mol. The number of nitrogens with one attached hydrogen (secondary N) is 1. The number of aryl methyl sites for hydroxylation is 2. The molecule has 1 amide bonds. The van der Waals surface area contributed by atoms with E-state index in [9.17, 15) is 4.79 Å². The van der Waals surface area contributed by atoms with Crippen molar-refractivity contribution in [1.29, 1.82) is 0 Å². The molecule has 0 aliphatic carbocycles. The molecule has 2 unspecified atom stereocenters. The molecule has 28 heavy (non-hydrogen) atoms. The average molecular weight is 401 g/mol. The molecule has 2 aliphatic rings. The van der Waals surface area contributed by atoms with Crippen LogP contribution in [0.1, 0.15) is 22.5 Å². The minimum atomic E-state index is 0.175. The Kier molecular flexibility index (Phi) is 5.65. The molecule has 2 aliphatic heterocycles. The van der Waals surface area contributed by atoms with Gasteiger partial charge < -0.3 is 19.7 Å². The molecule has 0 spiro atoms. The van der Waals surface area contributed by atoms with Gasteiger partial charge in [-0.15, -0.1) is 0 Å². The van der Waals surface area contributed by atoms with Crippen molar-refractivity contribution < 1.29 is 4.79 Å². The SMILES string of the molecule is Cc1ccc(NCCCN2CC3CN(C(=O)c4cccn4C)CC3C2)cc1Cl. The molecule has 1 aromatic heterocycles. The van der Waals surface area contributed by atoms with Crippen molar-refractivity contribution in [2.24, 2.45) is 18.9 Å². The van der Waals surface area contributed by atoms with Crippen LogP contribution in [0.3, 0.4) is 0 Å². The van der Waals surface area contributed by atoms with Crippen LogP contribution in [0.4, 0.5) is 5.69 Å². The maximum atomic E-state index is 12.7. The van der Waals surface area contributed by atoms with Crippen LogP contribution in [-0.4, -0.2) is 59.5 Å². The summed E-state index contributed by atoms with van der Waals surface area (Å²) in [4.78, 5) is 17.3. The van der Waals surface area contributed by atoms with Crippen LogP contribution >= 0.6 is 11.6 Å². The molecular formula is C22H29ClN4O. The fraction of sp³-hybridized carbons (Fsp3) is 0.500. The van der Waals surface area contributed by atoms with E-state index in [0.717, 1.165) is 67.7 Å². The number of benzene rings is 1. The fourth-order valence-electron chi connectivity index (χ4n) is 4.52. The molecule has 150 valence electrons. The molecule has 1 aromatic carbocycles. The molecule has 4 rings (SSSR count). The molecule has 0 saturated carbocycles. The maximum Gasteiger partial charge on any atom is 0.270 e. The van der Waals surface area contributed by atoms with E-state index in [4.69, 9.17) is 11.6 Å². The van der Waals surface area contributed by atoms with E-state index in [1.165, 1.54) is 0 Å². The van der Waals surface area contributed by atoms with Crippen molar-refractivity contribution in [3.05, 3.63) is 52.8 Å². The highest BCUT2D eigenvalue weighted by atomic mass is 35.5. The van der Waals surface area contributed by atoms with E-state index in [2.05, 4.69) is 22.3 Å². The van der Waals surface area contributed by atoms with Gasteiger partial charge in [0, 0.05) is 56.7 Å². The Labute approximate surface area is 172 Å². The highest BCUT2D eigenvalue weighted by Gasteiger charge is 2.41. The molecule has 3 heterocycles. The number of likely N-dealkylation sites (tertiary alicyclic amines) is 2. The molecule has 6 heteroatoms. The van der Waals surface area contributed by atoms with Gasteiger partial charge in [0.2, 0.25) is 0 Å². The number of hydrogen-bond acceptors (Lipinski definition) is 3. The van der Waals surface area contributed by atoms with Crippen LogP contribution in [0, 0.1) is 18.8 Å². The third-order valence-corrected chi connectivity index (χ3v) is 6.57. The first kappa shape index (κ1) is 19.3. The van der Waals surface area contributed by atoms with Crippen LogP contribution in [0.5, 0.6) is 0 Å². The molecule has 0 radical (unpaired) electrons. The summed E-state index contributed by atoms with van der Waals surface area (Å²) < 4.78 is 1.91. The lowest BCUT2D eigenvalue weighted by atomic mass is 10.0. The minimum Gasteiger partial charge on any atom is -0.385 e. The number of hydrogen-bond donors (Lipinski definition) is 1. The predicted octanol–water partition coefficient (Wildman–Crippen LogP) is 3.49. The molecule has 2 atom stereocenters. The van der Waals surface area contributed by atoms with Crippen molar-refractivity contribution in [2.45, 2.75) is 13.3 Å². The second-order valence-electron chi connectivity index (χ2n) is 8.24. The summed E-state index contributed by atoms with van der Waals surface area (Å²) in [5.41, 5.74) is 2.98. The molecule has 2 fully saturated rings. The third kappa shape index (κ3) is 4.06. The van der Waals surface area contributed by atoms with Gasteiger partial charge in [-0.05, 0) is 61.6 Å². The Morgan fingerprint density at radius 2 is 1.93 bits per heavy atom. The van der Waals surface area contributed by atoms with Gasteiger partial charge >= 0.3 is 0 Å². The second kappa shape index (κ2) is 8.18. The fourth-order valence-corrected chi connectivity index (χ4v) is 4.70. The van der Waals surface area contributed by atoms with Crippen molar-refractivity contribution in [3.63, 3.8) is 0 Å². The molecule has 2 saturated heterocycles. The van der Waals surface area contributed by atoms with Crippen LogP contribution < -0.4 is 5.32 Å². The number of aromatic nitrogens is 1. The Balaban J connectivity index is 1.19. The lowest BCUT2D eigenvalue weighted by Crippen LogP contribution is -2.34. The first-order valence-corrected chi connectivity index (χ1v) is 10.5. The van der Waals surface area contributed by atoms with Crippen LogP contribution in [0.2, 0.25) is 5.02 Å². The van der Waals surface area contributed by atoms with E-state index < -0.39 is 0 Å². The van der Waals surface area contributed by atoms with E-state index in [0.29, 0.717) is 11.8 Å². The summed E-state index contributed by atoms with van der Waals surface area (Å²) in [5, 5.41) is 4.28. The first-order chi connectivity index (χ1) is 13.5. The van der Waals surface area contributed by atoms with Crippen LogP contribution in [0.15, 0.2) is 36.5 Å². The lowest BCUT2D eigenvalue weighted by molar-refractivity contribution is 0.0764. The zero-order valence-electron chi connectivity index (χ0n) is 16.7. The first-order valence-electron chi connectivity index (χ1n) is 10.1. The Bertz CT molecular complexity index is 835. The predicted molar refractivity (Wildman–Crippen MR) is 114 cm³/mol. The second-order valence-corrected chi connectivity index (χ2v) is 8.65. The van der Waals surface area contributed by atoms with Gasteiger partial charge in [0.15, 0.2) is 0 Å². The quantitative estimate of drug-likeness (QED) is 0.754. The number of halogens is 1. The number of amides is 1. The molecule has 0 bridgehead atoms. The number of fused-ring (bicyclic) bond motifs is 1. The summed E-state index contributed by atoms with van der Waals surface area (Å²) in [6.45, 7) is 8.08. The van der Waals surface area contributed by atoms with E-state index in [1.54, 1.807) is 0 Å². The normalized spacial score (nSPS) is 21.9. The largest absolute Gasteiger partial charge is 0.385 e. The van der Waals surface area contributed by atoms with Crippen molar-refractivity contribution in [1.82, 2.24) is 14.4 Å². The number of carbonyl (C=O) groups excluding carboxylic acids is 1. The molecule has 1 N–H and O–H groups in total. The number of anilines is 1. The number of rotatable bonds is 6. The third-order valence-electron chi connectivity index (χ3n) is 6.16. The van der Waals surface area contributed by atoms with Gasteiger partial charge in [-0.1, -0.05) is 17.7 Å². The molecular weight excluding hydrogens is 372 g/mol. The van der Waals surface area contributed by atoms with Gasteiger partial charge in [-0.25, -0.2) is 0 Å². The highest BCUT2D eigenvalue weighted by molar-refractivity contribution is 6.31. The Hall–Kier alpha value is -1.98. The van der Waals surface area contributed by atoms with E-state index in [-0.39, 0.29) is 5.91 Å². The highest BCUT2D eigenvalue weighted by Crippen LogP contribution is 2.32. The van der Waals surface area contributed by atoms with Gasteiger partial charge in [0.05, 0.1) is 0 Å². The summed E-state index contributed by atoms with van der Waals surface area (Å²) in [6, 6.07) is 9.98. The summed E-state index contributed by atoms with van der Waals surface area (Å²) >= 11 is 6.18. The smallest absolute Gasteiger partial charge is 0.270 e. The van der Waals surface area contributed by atoms with E-state index in [1.807, 2.05) is 47.8 Å². The van der Waals surface area contributed by atoms with Gasteiger partial charge in [-0.2, -0.15) is 0 Å². The van der Waals surface area contributed by atoms with Gasteiger partial charge in [0.1, 0.15) is 5.69 Å². The topological polar surface area (TPSA) is 40.5 Å². The number of nitrogens with zero attached hydrogens (tertiary/aromatic N) is 3. The Morgan fingerprint density at radius 1 is 1.18 bits per heavy atom. The Morgan fingerprint density at radius 3 is 2.57 bits per heavy atom. The zero-order chi connectivity index (χ0) is 19.7. The maximum absolute atomic E-state index is 12.7. The van der Waals surface area contributed by atoms with Crippen molar-refractivity contribution >= 4 is 23.2 Å². The van der Waals surface area contributed by atoms with Gasteiger partial charge in [-0.3, -0.25) is 4.79 Å². The summed E-state index contributed by atoms with van der Waals surface area (Å²) in [6.07, 6.45) is 3.04. The standard InChI is InChI=1S/C22H29ClN4O/c1-16-6-7-19(11-20(16)23)24-8-4-10-26-12-17-14-27(15-18(17)13-26)22(28)21-5-3-9-25(21)2/h3,5-7,9,11,17-18,24H,4,8,10,12-15H2,1-2H3. The molecule has 5 nitrogen and oxygen atoms in total. The summed E-state index contributed by atoms with van der Waals surface area (Å²) in [5.74, 6) is 1.41. The van der Waals surface area contributed by atoms with Crippen molar-refractivity contribution in [3.8, 4) is 0 Å². The summed E-state index contributed by atoms with van der Waals surface area (Å²) in [7, 11) is 1.93. The minimum absolute atomic E-state index is 0.175. The van der Waals surface area contributed by atoms with E-state index >= 15 is 0 Å². The zero-order valence-corrected chi connectivity index (χ0v) is 17.5. The van der Waals surface area contributed by atoms with Gasteiger partial charge in [0.25, 0.3) is 5.91 Å². The average Bonchev–Trinajstić information content (AvgIpc) is 3.35. The van der Waals surface area contributed by atoms with Crippen LogP contribution in [0.25, 0.3) is 0 Å². The molecule has 2 aromatic rings.